The first-order valence-corrected chi connectivity index (χ1v) is 8.01. The van der Waals surface area contributed by atoms with Gasteiger partial charge in [-0.15, -0.1) is 0 Å². The van der Waals surface area contributed by atoms with E-state index in [9.17, 15) is 4.39 Å². The molecule has 1 aromatic carbocycles. The maximum absolute atomic E-state index is 14.5. The average Bonchev–Trinajstić information content (AvgIpc) is 2.60. The summed E-state index contributed by atoms with van der Waals surface area (Å²) in [5.41, 5.74) is 7.75. The second kappa shape index (κ2) is 7.23. The van der Waals surface area contributed by atoms with Crippen LogP contribution in [0.2, 0.25) is 0 Å². The largest absolute Gasteiger partial charge is 0.365 e. The van der Waals surface area contributed by atoms with Crippen LogP contribution in [0.15, 0.2) is 18.2 Å². The molecule has 0 saturated carbocycles. The van der Waals surface area contributed by atoms with Crippen molar-refractivity contribution in [2.45, 2.75) is 45.2 Å². The van der Waals surface area contributed by atoms with Gasteiger partial charge in [-0.25, -0.2) is 4.39 Å². The van der Waals surface area contributed by atoms with Gasteiger partial charge in [-0.1, -0.05) is 19.1 Å². The van der Waals surface area contributed by atoms with Crippen molar-refractivity contribution in [3.05, 3.63) is 29.6 Å². The predicted octanol–water partition coefficient (Wildman–Crippen LogP) is 2.64. The Labute approximate surface area is 127 Å². The van der Waals surface area contributed by atoms with Crippen LogP contribution < -0.4 is 10.6 Å². The topological polar surface area (TPSA) is 32.5 Å². The fourth-order valence-electron chi connectivity index (χ4n) is 3.28. The molecule has 0 spiro atoms. The molecule has 0 amide bonds. The Hall–Kier alpha value is -1.13. The zero-order valence-electron chi connectivity index (χ0n) is 13.5. The molecule has 0 aromatic heterocycles. The summed E-state index contributed by atoms with van der Waals surface area (Å²) >= 11 is 0. The van der Waals surface area contributed by atoms with Crippen LogP contribution in [-0.2, 0) is 6.42 Å². The maximum atomic E-state index is 14.5. The van der Waals surface area contributed by atoms with Gasteiger partial charge in [-0.2, -0.15) is 0 Å². The van der Waals surface area contributed by atoms with Crippen LogP contribution in [0.4, 0.5) is 10.1 Å². The molecule has 1 saturated heterocycles. The quantitative estimate of drug-likeness (QED) is 0.926. The first-order chi connectivity index (χ1) is 10.0. The van der Waals surface area contributed by atoms with E-state index in [4.69, 9.17) is 5.73 Å². The van der Waals surface area contributed by atoms with E-state index < -0.39 is 0 Å². The summed E-state index contributed by atoms with van der Waals surface area (Å²) < 4.78 is 14.5. The summed E-state index contributed by atoms with van der Waals surface area (Å²) in [7, 11) is 2.15. The third-order valence-electron chi connectivity index (χ3n) is 4.27. The van der Waals surface area contributed by atoms with Gasteiger partial charge in [0.1, 0.15) is 5.82 Å². The molecule has 2 N–H and O–H groups in total. The lowest BCUT2D eigenvalue weighted by Crippen LogP contribution is -2.41. The molecule has 0 aliphatic carbocycles. The van der Waals surface area contributed by atoms with Crippen LogP contribution in [0.5, 0.6) is 0 Å². The zero-order chi connectivity index (χ0) is 15.4. The molecular weight excluding hydrogens is 265 g/mol. The van der Waals surface area contributed by atoms with Gasteiger partial charge in [0.2, 0.25) is 0 Å². The van der Waals surface area contributed by atoms with Crippen LogP contribution in [0.1, 0.15) is 32.3 Å². The summed E-state index contributed by atoms with van der Waals surface area (Å²) in [5, 5.41) is 0. The minimum Gasteiger partial charge on any atom is -0.365 e. The number of hydrogen-bond donors (Lipinski definition) is 1. The molecule has 2 rings (SSSR count). The Morgan fingerprint density at radius 3 is 2.81 bits per heavy atom. The van der Waals surface area contributed by atoms with E-state index in [1.807, 2.05) is 13.0 Å². The summed E-state index contributed by atoms with van der Waals surface area (Å²) in [6, 6.07) is 5.79. The number of hydrogen-bond acceptors (Lipinski definition) is 3. The van der Waals surface area contributed by atoms with Crippen molar-refractivity contribution in [3.8, 4) is 0 Å². The third-order valence-corrected chi connectivity index (χ3v) is 4.27. The predicted molar refractivity (Wildman–Crippen MR) is 87.3 cm³/mol. The molecule has 3 nitrogen and oxygen atoms in total. The lowest BCUT2D eigenvalue weighted by Gasteiger charge is -2.34. The molecular formula is C17H28FN3. The number of rotatable bonds is 4. The molecule has 4 heteroatoms. The standard InChI is InChI=1S/C17H28FN3/c1-4-15-12-20(3)9-6-10-21(15)17-14(11-13(2)19)7-5-8-16(17)18/h5,7-8,13,15H,4,6,9-12,19H2,1-3H3. The molecule has 1 fully saturated rings. The molecule has 1 heterocycles. The maximum Gasteiger partial charge on any atom is 0.146 e. The van der Waals surface area contributed by atoms with Crippen molar-refractivity contribution in [2.75, 3.05) is 31.6 Å². The number of likely N-dealkylation sites (N-methyl/N-ethyl adjacent to an activating group) is 1. The first-order valence-electron chi connectivity index (χ1n) is 8.01. The number of nitrogens with zero attached hydrogens (tertiary/aromatic N) is 2. The normalized spacial score (nSPS) is 22.1. The molecule has 0 radical (unpaired) electrons. The number of halogens is 1. The van der Waals surface area contributed by atoms with Crippen LogP contribution in [-0.4, -0.2) is 43.7 Å². The molecule has 2 unspecified atom stereocenters. The van der Waals surface area contributed by atoms with Crippen LogP contribution in [0.25, 0.3) is 0 Å². The molecule has 2 atom stereocenters. The first kappa shape index (κ1) is 16.2. The molecule has 1 aliphatic rings. The highest BCUT2D eigenvalue weighted by Crippen LogP contribution is 2.29. The van der Waals surface area contributed by atoms with Crippen molar-refractivity contribution in [3.63, 3.8) is 0 Å². The Morgan fingerprint density at radius 2 is 2.14 bits per heavy atom. The lowest BCUT2D eigenvalue weighted by molar-refractivity contribution is 0.327. The second-order valence-electron chi connectivity index (χ2n) is 6.30. The van der Waals surface area contributed by atoms with Gasteiger partial charge >= 0.3 is 0 Å². The van der Waals surface area contributed by atoms with Crippen molar-refractivity contribution in [1.82, 2.24) is 4.90 Å². The van der Waals surface area contributed by atoms with Crippen LogP contribution in [0.3, 0.4) is 0 Å². The highest BCUT2D eigenvalue weighted by molar-refractivity contribution is 5.56. The Morgan fingerprint density at radius 1 is 1.38 bits per heavy atom. The van der Waals surface area contributed by atoms with Gasteiger partial charge in [-0.3, -0.25) is 0 Å². The monoisotopic (exact) mass is 293 g/mol. The van der Waals surface area contributed by atoms with E-state index >= 15 is 0 Å². The molecule has 118 valence electrons. The van der Waals surface area contributed by atoms with Gasteiger partial charge in [0.05, 0.1) is 5.69 Å². The van der Waals surface area contributed by atoms with Gasteiger partial charge in [0, 0.05) is 25.2 Å². The molecule has 1 aromatic rings. The third kappa shape index (κ3) is 3.95. The SMILES string of the molecule is CCC1CN(C)CCCN1c1c(F)cccc1CC(C)N. The minimum atomic E-state index is -0.115. The van der Waals surface area contributed by atoms with E-state index in [2.05, 4.69) is 23.8 Å². The Kier molecular flexibility index (Phi) is 5.59. The second-order valence-corrected chi connectivity index (χ2v) is 6.30. The van der Waals surface area contributed by atoms with Crippen LogP contribution >= 0.6 is 0 Å². The Bertz CT molecular complexity index is 461. The highest BCUT2D eigenvalue weighted by Gasteiger charge is 2.26. The number of para-hydroxylation sites is 1. The van der Waals surface area contributed by atoms with E-state index in [1.165, 1.54) is 0 Å². The van der Waals surface area contributed by atoms with Crippen molar-refractivity contribution in [1.29, 1.82) is 0 Å². The number of benzene rings is 1. The number of nitrogens with two attached hydrogens (primary N) is 1. The smallest absolute Gasteiger partial charge is 0.146 e. The molecule has 0 bridgehead atoms. The molecule has 1 aliphatic heterocycles. The number of anilines is 1. The zero-order valence-corrected chi connectivity index (χ0v) is 13.5. The molecule has 21 heavy (non-hydrogen) atoms. The van der Waals surface area contributed by atoms with Gasteiger partial charge < -0.3 is 15.5 Å². The van der Waals surface area contributed by atoms with Gasteiger partial charge in [0.15, 0.2) is 0 Å². The fraction of sp³-hybridized carbons (Fsp3) is 0.647. The van der Waals surface area contributed by atoms with Crippen molar-refractivity contribution < 1.29 is 4.39 Å². The van der Waals surface area contributed by atoms with Gasteiger partial charge in [0.25, 0.3) is 0 Å². The summed E-state index contributed by atoms with van der Waals surface area (Å²) in [6.07, 6.45) is 2.81. The van der Waals surface area contributed by atoms with E-state index in [0.717, 1.165) is 50.1 Å². The summed E-state index contributed by atoms with van der Waals surface area (Å²) in [6.45, 7) is 7.13. The highest BCUT2D eigenvalue weighted by atomic mass is 19.1. The fourth-order valence-corrected chi connectivity index (χ4v) is 3.28. The lowest BCUT2D eigenvalue weighted by atomic mass is 10.0. The Balaban J connectivity index is 2.37. The van der Waals surface area contributed by atoms with Crippen LogP contribution in [0, 0.1) is 5.82 Å². The van der Waals surface area contributed by atoms with E-state index in [0.29, 0.717) is 6.04 Å². The summed E-state index contributed by atoms with van der Waals surface area (Å²) in [4.78, 5) is 4.62. The van der Waals surface area contributed by atoms with Gasteiger partial charge in [-0.05, 0) is 51.4 Å². The van der Waals surface area contributed by atoms with E-state index in [-0.39, 0.29) is 11.9 Å². The van der Waals surface area contributed by atoms with E-state index in [1.54, 1.807) is 12.1 Å². The van der Waals surface area contributed by atoms with Crippen molar-refractivity contribution in [2.24, 2.45) is 5.73 Å². The minimum absolute atomic E-state index is 0.0419. The average molecular weight is 293 g/mol. The van der Waals surface area contributed by atoms with Crippen molar-refractivity contribution >= 4 is 5.69 Å². The summed E-state index contributed by atoms with van der Waals surface area (Å²) in [5.74, 6) is -0.115.